The van der Waals surface area contributed by atoms with Gasteiger partial charge in [-0.1, -0.05) is 82.9 Å². The predicted molar refractivity (Wildman–Crippen MR) is 118 cm³/mol. The van der Waals surface area contributed by atoms with Crippen molar-refractivity contribution in [3.8, 4) is 5.75 Å². The maximum Gasteiger partial charge on any atom is 0.311 e. The summed E-state index contributed by atoms with van der Waals surface area (Å²) < 4.78 is 10.7. The minimum atomic E-state index is -0.216. The summed E-state index contributed by atoms with van der Waals surface area (Å²) >= 11 is 0. The molecule has 0 aromatic heterocycles. The quantitative estimate of drug-likeness (QED) is 0.160. The summed E-state index contributed by atoms with van der Waals surface area (Å²) in [5.41, 5.74) is 0.954. The van der Waals surface area contributed by atoms with Crippen LogP contribution in [0.25, 0.3) is 0 Å². The summed E-state index contributed by atoms with van der Waals surface area (Å²) in [4.78, 5) is 23.6. The number of esters is 2. The Morgan fingerprint density at radius 3 is 1.93 bits per heavy atom. The van der Waals surface area contributed by atoms with Crippen molar-refractivity contribution in [3.05, 3.63) is 29.8 Å². The molecule has 164 valence electrons. The highest BCUT2D eigenvalue weighted by Crippen LogP contribution is 2.17. The summed E-state index contributed by atoms with van der Waals surface area (Å²) in [5.74, 6) is 0.289. The first-order valence-corrected chi connectivity index (χ1v) is 11.6. The van der Waals surface area contributed by atoms with Crippen LogP contribution < -0.4 is 4.74 Å². The van der Waals surface area contributed by atoms with Crippen molar-refractivity contribution >= 4 is 11.9 Å². The maximum absolute atomic E-state index is 11.9. The lowest BCUT2D eigenvalue weighted by Gasteiger charge is -2.07. The molecule has 0 fully saturated rings. The number of carbonyl (C=O) groups is 2. The van der Waals surface area contributed by atoms with Crippen LogP contribution in [0.2, 0.25) is 0 Å². The van der Waals surface area contributed by atoms with Gasteiger partial charge in [0.05, 0.1) is 6.61 Å². The number of rotatable bonds is 17. The van der Waals surface area contributed by atoms with Gasteiger partial charge in [0.1, 0.15) is 5.75 Å². The van der Waals surface area contributed by atoms with E-state index in [2.05, 4.69) is 6.92 Å². The highest BCUT2D eigenvalue weighted by atomic mass is 16.5. The molecule has 0 saturated carbocycles. The highest BCUT2D eigenvalue weighted by molar-refractivity contribution is 5.72. The van der Waals surface area contributed by atoms with Gasteiger partial charge in [-0.05, 0) is 37.8 Å². The Bertz CT molecular complexity index is 568. The Balaban J connectivity index is 1.90. The van der Waals surface area contributed by atoms with Crippen LogP contribution in [0.3, 0.4) is 0 Å². The molecule has 0 aliphatic rings. The zero-order valence-corrected chi connectivity index (χ0v) is 18.5. The maximum atomic E-state index is 11.9. The number of carbonyl (C=O) groups excluding carboxylic acids is 2. The van der Waals surface area contributed by atoms with Gasteiger partial charge in [0, 0.05) is 12.8 Å². The number of benzene rings is 1. The third-order valence-electron chi connectivity index (χ3n) is 5.09. The van der Waals surface area contributed by atoms with Crippen LogP contribution in [0.15, 0.2) is 24.3 Å². The largest absolute Gasteiger partial charge is 0.466 e. The molecular weight excluding hydrogens is 364 g/mol. The lowest BCUT2D eigenvalue weighted by atomic mass is 10.1. The van der Waals surface area contributed by atoms with E-state index in [1.807, 2.05) is 25.1 Å². The fourth-order valence-corrected chi connectivity index (χ4v) is 3.23. The minimum absolute atomic E-state index is 0.118. The van der Waals surface area contributed by atoms with E-state index in [1.165, 1.54) is 44.9 Å². The lowest BCUT2D eigenvalue weighted by Crippen LogP contribution is -2.09. The summed E-state index contributed by atoms with van der Waals surface area (Å²) in [6.07, 6.45) is 14.5. The number of ether oxygens (including phenoxy) is 2. The first-order valence-electron chi connectivity index (χ1n) is 11.6. The van der Waals surface area contributed by atoms with E-state index in [0.29, 0.717) is 25.2 Å². The van der Waals surface area contributed by atoms with E-state index >= 15 is 0 Å². The van der Waals surface area contributed by atoms with E-state index in [4.69, 9.17) is 9.47 Å². The molecule has 0 saturated heterocycles. The Kier molecular flexibility index (Phi) is 14.8. The van der Waals surface area contributed by atoms with Crippen LogP contribution in [0.5, 0.6) is 5.75 Å². The predicted octanol–water partition coefficient (Wildman–Crippen LogP) is 6.92. The summed E-state index contributed by atoms with van der Waals surface area (Å²) in [6.45, 7) is 4.70. The van der Waals surface area contributed by atoms with Crippen molar-refractivity contribution in [2.45, 2.75) is 104 Å². The molecule has 0 unspecified atom stereocenters. The van der Waals surface area contributed by atoms with Crippen molar-refractivity contribution in [2.24, 2.45) is 0 Å². The summed E-state index contributed by atoms with van der Waals surface area (Å²) in [5, 5.41) is 0. The van der Waals surface area contributed by atoms with Crippen molar-refractivity contribution < 1.29 is 19.1 Å². The average molecular weight is 405 g/mol. The van der Waals surface area contributed by atoms with Gasteiger partial charge in [-0.15, -0.1) is 0 Å². The molecule has 0 radical (unpaired) electrons. The molecule has 0 heterocycles. The lowest BCUT2D eigenvalue weighted by molar-refractivity contribution is -0.143. The Morgan fingerprint density at radius 1 is 0.724 bits per heavy atom. The minimum Gasteiger partial charge on any atom is -0.466 e. The molecule has 4 nitrogen and oxygen atoms in total. The van der Waals surface area contributed by atoms with Crippen LogP contribution >= 0.6 is 0 Å². The standard InChI is InChI=1S/C25H40O4/c1-3-4-5-6-7-8-9-10-16-21-28-24(26)19-12-11-13-20-25(27)29-23-18-15-14-17-22(23)2/h14-15,17-18H,3-13,16,19-21H2,1-2H3. The molecule has 0 amide bonds. The van der Waals surface area contributed by atoms with Crippen LogP contribution in [-0.4, -0.2) is 18.5 Å². The molecule has 29 heavy (non-hydrogen) atoms. The Morgan fingerprint density at radius 2 is 1.28 bits per heavy atom. The van der Waals surface area contributed by atoms with E-state index < -0.39 is 0 Å². The van der Waals surface area contributed by atoms with E-state index in [9.17, 15) is 9.59 Å². The molecule has 4 heteroatoms. The van der Waals surface area contributed by atoms with Gasteiger partial charge in [0.15, 0.2) is 0 Å². The molecule has 0 aliphatic carbocycles. The summed E-state index contributed by atoms with van der Waals surface area (Å²) in [6, 6.07) is 7.50. The average Bonchev–Trinajstić information content (AvgIpc) is 2.71. The molecule has 1 rings (SSSR count). The number of unbranched alkanes of at least 4 members (excludes halogenated alkanes) is 10. The molecule has 0 spiro atoms. The SMILES string of the molecule is CCCCCCCCCCCOC(=O)CCCCCC(=O)Oc1ccccc1C. The second kappa shape index (κ2) is 17.1. The fraction of sp³-hybridized carbons (Fsp3) is 0.680. The van der Waals surface area contributed by atoms with Crippen molar-refractivity contribution in [1.82, 2.24) is 0 Å². The summed E-state index contributed by atoms with van der Waals surface area (Å²) in [7, 11) is 0. The van der Waals surface area contributed by atoms with E-state index in [-0.39, 0.29) is 11.9 Å². The molecule has 1 aromatic rings. The van der Waals surface area contributed by atoms with Gasteiger partial charge >= 0.3 is 11.9 Å². The number of hydrogen-bond acceptors (Lipinski definition) is 4. The first kappa shape index (κ1) is 25.2. The normalized spacial score (nSPS) is 10.7. The van der Waals surface area contributed by atoms with Crippen LogP contribution in [-0.2, 0) is 14.3 Å². The monoisotopic (exact) mass is 404 g/mol. The highest BCUT2D eigenvalue weighted by Gasteiger charge is 2.07. The van der Waals surface area contributed by atoms with Gasteiger partial charge in [-0.2, -0.15) is 0 Å². The van der Waals surface area contributed by atoms with Gasteiger partial charge in [0.25, 0.3) is 0 Å². The van der Waals surface area contributed by atoms with Crippen molar-refractivity contribution in [2.75, 3.05) is 6.61 Å². The molecule has 0 aliphatic heterocycles. The second-order valence-corrected chi connectivity index (χ2v) is 7.85. The van der Waals surface area contributed by atoms with Gasteiger partial charge in [-0.3, -0.25) is 9.59 Å². The number of aryl methyl sites for hydroxylation is 1. The Hall–Kier alpha value is -1.84. The van der Waals surface area contributed by atoms with Gasteiger partial charge < -0.3 is 9.47 Å². The smallest absolute Gasteiger partial charge is 0.311 e. The zero-order chi connectivity index (χ0) is 21.2. The van der Waals surface area contributed by atoms with Gasteiger partial charge in [0.2, 0.25) is 0 Å². The fourth-order valence-electron chi connectivity index (χ4n) is 3.23. The number of para-hydroxylation sites is 1. The molecule has 0 atom stereocenters. The van der Waals surface area contributed by atoms with Crippen LogP contribution in [0.4, 0.5) is 0 Å². The zero-order valence-electron chi connectivity index (χ0n) is 18.5. The van der Waals surface area contributed by atoms with E-state index in [0.717, 1.165) is 37.7 Å². The van der Waals surface area contributed by atoms with Crippen molar-refractivity contribution in [1.29, 1.82) is 0 Å². The van der Waals surface area contributed by atoms with Gasteiger partial charge in [-0.25, -0.2) is 0 Å². The third kappa shape index (κ3) is 13.9. The topological polar surface area (TPSA) is 52.6 Å². The van der Waals surface area contributed by atoms with Crippen LogP contribution in [0, 0.1) is 6.92 Å². The first-order chi connectivity index (χ1) is 14.1. The van der Waals surface area contributed by atoms with Crippen LogP contribution in [0.1, 0.15) is 102 Å². The third-order valence-corrected chi connectivity index (χ3v) is 5.09. The molecule has 0 bridgehead atoms. The molecular formula is C25H40O4. The second-order valence-electron chi connectivity index (χ2n) is 7.85. The van der Waals surface area contributed by atoms with E-state index in [1.54, 1.807) is 6.07 Å². The number of hydrogen-bond donors (Lipinski definition) is 0. The van der Waals surface area contributed by atoms with Crippen molar-refractivity contribution in [3.63, 3.8) is 0 Å². The molecule has 0 N–H and O–H groups in total. The Labute approximate surface area is 177 Å². The molecule has 1 aromatic carbocycles.